The Morgan fingerprint density at radius 2 is 1.55 bits per heavy atom. The fourth-order valence-electron chi connectivity index (χ4n) is 12.4. The molecule has 3 fully saturated rings. The summed E-state index contributed by atoms with van der Waals surface area (Å²) in [6.45, 7) is 4.40. The van der Waals surface area contributed by atoms with Crippen LogP contribution in [0.4, 0.5) is 0 Å². The Hall–Kier alpha value is -4.06. The summed E-state index contributed by atoms with van der Waals surface area (Å²) in [7, 11) is -0.909. The summed E-state index contributed by atoms with van der Waals surface area (Å²) in [4.78, 5) is 15.2. The van der Waals surface area contributed by atoms with Gasteiger partial charge in [-0.3, -0.25) is 4.79 Å². The van der Waals surface area contributed by atoms with Crippen molar-refractivity contribution in [1.82, 2.24) is 4.31 Å². The lowest BCUT2D eigenvalue weighted by Gasteiger charge is -2.71. The summed E-state index contributed by atoms with van der Waals surface area (Å²) in [5, 5.41) is 26.2. The molecule has 1 aromatic heterocycles. The van der Waals surface area contributed by atoms with Gasteiger partial charge in [0.1, 0.15) is 15.7 Å². The molecule has 10 heteroatoms. The van der Waals surface area contributed by atoms with Crippen LogP contribution in [-0.4, -0.2) is 61.2 Å². The number of carbonyl (C=O) groups excluding carboxylic acids is 1. The number of aliphatic hydroxyl groups excluding tert-OH is 1. The number of sulfonamides is 1. The average molecular weight is 820 g/mol. The molecule has 6 aliphatic carbocycles. The minimum Gasteiger partial charge on any atom is -0.497 e. The van der Waals surface area contributed by atoms with Gasteiger partial charge in [-0.15, -0.1) is 11.3 Å². The molecule has 1 heterocycles. The lowest BCUT2D eigenvalue weighted by molar-refractivity contribution is -0.173. The summed E-state index contributed by atoms with van der Waals surface area (Å²) in [5.41, 5.74) is 0.697. The van der Waals surface area contributed by atoms with Gasteiger partial charge in [-0.2, -0.15) is 4.31 Å². The van der Waals surface area contributed by atoms with Crippen molar-refractivity contribution in [2.45, 2.75) is 81.3 Å². The standard InChI is InChI=1S/C48H53NO7S2/c1-44-21-18-36(50)28-46(44)24-25-48(38(29-46)43(51)34-14-12-33(13-15-34)32-9-6-5-7-10-32)40(44)19-22-45(2)41(48)20-23-47(45,52)31-49(58(53,54)42-11-8-26-57-42)30-35-16-17-37(55-3)27-39(35)56-4/h5-17,24-27,29,36,40-41,50,52H,18-23,28,30-31H2,1-4H3. The molecule has 304 valence electrons. The third-order valence-corrected chi connectivity index (χ3v) is 18.7. The number of nitrogens with zero attached hydrogens (tertiary/aromatic N) is 1. The van der Waals surface area contributed by atoms with Crippen molar-refractivity contribution in [2.24, 2.45) is 33.5 Å². The second kappa shape index (κ2) is 14.0. The SMILES string of the molecule is COc1ccc(CN(CC2(O)CCC3C45C=CC6(C=C4C(=O)c4ccc(-c7ccccc7)cc4)CC(O)CCC6(C)C5CCC32C)S(=O)(=O)c2cccs2)c(OC)c1. The largest absolute Gasteiger partial charge is 0.497 e. The first kappa shape index (κ1) is 39.4. The Morgan fingerprint density at radius 3 is 2.26 bits per heavy atom. The fraction of sp³-hybridized carbons (Fsp3) is 0.438. The van der Waals surface area contributed by atoms with E-state index in [2.05, 4.69) is 44.2 Å². The Morgan fingerprint density at radius 1 is 0.845 bits per heavy atom. The van der Waals surface area contributed by atoms with Crippen molar-refractivity contribution < 1.29 is 32.9 Å². The second-order valence-corrected chi connectivity index (χ2v) is 21.1. The Balaban J connectivity index is 1.12. The number of methoxy groups -OCH3 is 2. The van der Waals surface area contributed by atoms with Crippen LogP contribution in [0.15, 0.2) is 118 Å². The smallest absolute Gasteiger partial charge is 0.252 e. The predicted molar refractivity (Wildman–Crippen MR) is 226 cm³/mol. The van der Waals surface area contributed by atoms with Crippen LogP contribution < -0.4 is 9.47 Å². The highest BCUT2D eigenvalue weighted by Crippen LogP contribution is 2.78. The average Bonchev–Trinajstić information content (AvgIpc) is 3.88. The van der Waals surface area contributed by atoms with E-state index in [9.17, 15) is 18.6 Å². The number of aliphatic hydroxyl groups is 2. The number of ether oxygens (including phenoxy) is 2. The molecule has 3 aromatic carbocycles. The Kier molecular flexibility index (Phi) is 9.52. The van der Waals surface area contributed by atoms with E-state index >= 15 is 4.79 Å². The van der Waals surface area contributed by atoms with Gasteiger partial charge in [-0.25, -0.2) is 8.42 Å². The van der Waals surface area contributed by atoms with E-state index in [1.807, 2.05) is 48.5 Å². The number of hydrogen-bond donors (Lipinski definition) is 2. The summed E-state index contributed by atoms with van der Waals surface area (Å²) in [6, 6.07) is 26.7. The molecule has 2 bridgehead atoms. The molecule has 10 rings (SSSR count). The lowest BCUT2D eigenvalue weighted by Crippen LogP contribution is -2.67. The molecule has 2 spiro atoms. The van der Waals surface area contributed by atoms with Crippen LogP contribution in [0, 0.1) is 33.5 Å². The predicted octanol–water partition coefficient (Wildman–Crippen LogP) is 9.10. The first-order valence-corrected chi connectivity index (χ1v) is 22.8. The van der Waals surface area contributed by atoms with E-state index in [-0.39, 0.29) is 40.3 Å². The number of ketones is 1. The molecular formula is C48H53NO7S2. The van der Waals surface area contributed by atoms with Crippen LogP contribution in [0.1, 0.15) is 74.7 Å². The molecule has 2 N–H and O–H groups in total. The molecule has 4 aromatic rings. The van der Waals surface area contributed by atoms with E-state index in [1.54, 1.807) is 43.9 Å². The monoisotopic (exact) mass is 819 g/mol. The van der Waals surface area contributed by atoms with Crippen LogP contribution in [-0.2, 0) is 16.6 Å². The number of thiophene rings is 1. The lowest BCUT2D eigenvalue weighted by atomic mass is 9.32. The van der Waals surface area contributed by atoms with Gasteiger partial charge in [0, 0.05) is 52.1 Å². The number of Topliss-reactive ketones (excluding diaryl/α,β-unsaturated/α-hetero) is 1. The second-order valence-electron chi connectivity index (χ2n) is 18.0. The third kappa shape index (κ3) is 5.69. The summed E-state index contributed by atoms with van der Waals surface area (Å²) >= 11 is 1.16. The van der Waals surface area contributed by atoms with E-state index in [0.29, 0.717) is 54.7 Å². The first-order valence-electron chi connectivity index (χ1n) is 20.5. The molecule has 0 aliphatic heterocycles. The van der Waals surface area contributed by atoms with Crippen LogP contribution >= 0.6 is 11.3 Å². The zero-order valence-electron chi connectivity index (χ0n) is 33.7. The molecule has 0 amide bonds. The van der Waals surface area contributed by atoms with Crippen LogP contribution in [0.2, 0.25) is 0 Å². The third-order valence-electron chi connectivity index (χ3n) is 15.6. The van der Waals surface area contributed by atoms with Gasteiger partial charge in [0.05, 0.1) is 25.9 Å². The van der Waals surface area contributed by atoms with Gasteiger partial charge in [-0.05, 0) is 90.8 Å². The Labute approximate surface area is 346 Å². The highest BCUT2D eigenvalue weighted by atomic mass is 32.2. The molecule has 0 radical (unpaired) electrons. The molecule has 8 unspecified atom stereocenters. The minimum atomic E-state index is -4.04. The van der Waals surface area contributed by atoms with Crippen molar-refractivity contribution in [3.8, 4) is 22.6 Å². The van der Waals surface area contributed by atoms with E-state index in [0.717, 1.165) is 40.9 Å². The van der Waals surface area contributed by atoms with Crippen LogP contribution in [0.25, 0.3) is 11.1 Å². The number of hydrogen-bond acceptors (Lipinski definition) is 8. The van der Waals surface area contributed by atoms with E-state index < -0.39 is 38.0 Å². The molecule has 58 heavy (non-hydrogen) atoms. The van der Waals surface area contributed by atoms with E-state index in [1.165, 1.54) is 4.31 Å². The van der Waals surface area contributed by atoms with Crippen LogP contribution in [0.3, 0.4) is 0 Å². The van der Waals surface area contributed by atoms with Crippen molar-refractivity contribution in [2.75, 3.05) is 20.8 Å². The van der Waals surface area contributed by atoms with Crippen molar-refractivity contribution in [1.29, 1.82) is 0 Å². The van der Waals surface area contributed by atoms with Gasteiger partial charge >= 0.3 is 0 Å². The number of fused-ring (bicyclic) bond motifs is 1. The zero-order chi connectivity index (χ0) is 40.7. The number of rotatable bonds is 11. The van der Waals surface area contributed by atoms with Crippen molar-refractivity contribution in [3.05, 3.63) is 125 Å². The highest BCUT2D eigenvalue weighted by Gasteiger charge is 2.74. The van der Waals surface area contributed by atoms with Crippen LogP contribution in [0.5, 0.6) is 11.5 Å². The van der Waals surface area contributed by atoms with Crippen molar-refractivity contribution in [3.63, 3.8) is 0 Å². The molecule has 6 aliphatic rings. The maximum atomic E-state index is 15.2. The molecule has 0 saturated heterocycles. The molecular weight excluding hydrogens is 767 g/mol. The Bertz CT molecular complexity index is 2390. The number of carbonyl (C=O) groups is 1. The zero-order valence-corrected chi connectivity index (χ0v) is 35.3. The van der Waals surface area contributed by atoms with Gasteiger partial charge in [0.15, 0.2) is 5.78 Å². The molecule has 3 saturated carbocycles. The summed E-state index contributed by atoms with van der Waals surface area (Å²) in [5.74, 6) is 1.06. The summed E-state index contributed by atoms with van der Waals surface area (Å²) < 4.78 is 42.0. The minimum absolute atomic E-state index is 0.00430. The van der Waals surface area contributed by atoms with Gasteiger partial charge in [-0.1, -0.05) is 98.8 Å². The summed E-state index contributed by atoms with van der Waals surface area (Å²) in [6.07, 6.45) is 11.0. The van der Waals surface area contributed by atoms with E-state index in [4.69, 9.17) is 9.47 Å². The fourth-order valence-corrected chi connectivity index (χ4v) is 15.0. The quantitative estimate of drug-likeness (QED) is 0.115. The molecule has 8 atom stereocenters. The van der Waals surface area contributed by atoms with Crippen molar-refractivity contribution >= 4 is 27.1 Å². The van der Waals surface area contributed by atoms with Gasteiger partial charge in [0.25, 0.3) is 10.0 Å². The number of benzene rings is 3. The normalized spacial score (nSPS) is 33.6. The highest BCUT2D eigenvalue weighted by molar-refractivity contribution is 7.91. The number of allylic oxidation sites excluding steroid dienone is 4. The topological polar surface area (TPSA) is 113 Å². The maximum Gasteiger partial charge on any atom is 0.252 e. The molecule has 8 nitrogen and oxygen atoms in total. The van der Waals surface area contributed by atoms with Gasteiger partial charge < -0.3 is 19.7 Å². The maximum absolute atomic E-state index is 15.2. The van der Waals surface area contributed by atoms with Gasteiger partial charge in [0.2, 0.25) is 0 Å². The first-order chi connectivity index (χ1) is 27.7.